The molecule has 0 radical (unpaired) electrons. The number of carbonyl (C=O) groups is 2. The van der Waals surface area contributed by atoms with E-state index in [1.54, 1.807) is 23.5 Å². The molecule has 1 rings (SSSR count). The van der Waals surface area contributed by atoms with Crippen molar-refractivity contribution in [1.29, 1.82) is 0 Å². The maximum atomic E-state index is 11.8. The Balaban J connectivity index is 2.58. The number of carbonyl (C=O) groups excluding carboxylic acids is 2. The van der Waals surface area contributed by atoms with E-state index in [2.05, 4.69) is 6.92 Å². The maximum Gasteiger partial charge on any atom is 0.315 e. The van der Waals surface area contributed by atoms with Crippen LogP contribution in [-0.4, -0.2) is 47.7 Å². The summed E-state index contributed by atoms with van der Waals surface area (Å²) in [7, 11) is 0. The molecule has 4 nitrogen and oxygen atoms in total. The van der Waals surface area contributed by atoms with Crippen molar-refractivity contribution in [3.63, 3.8) is 0 Å². The smallest absolute Gasteiger partial charge is 0.315 e. The Labute approximate surface area is 136 Å². The molecule has 0 aromatic rings. The Hall–Kier alpha value is -0.360. The van der Waals surface area contributed by atoms with Crippen LogP contribution >= 0.6 is 23.5 Å². The van der Waals surface area contributed by atoms with Gasteiger partial charge >= 0.3 is 11.9 Å². The van der Waals surface area contributed by atoms with Crippen LogP contribution in [0.2, 0.25) is 0 Å². The Morgan fingerprint density at radius 3 is 2.38 bits per heavy atom. The average molecular weight is 335 g/mol. The van der Waals surface area contributed by atoms with E-state index in [0.717, 1.165) is 25.0 Å². The molecule has 1 saturated heterocycles. The van der Waals surface area contributed by atoms with Gasteiger partial charge in [-0.05, 0) is 6.42 Å². The third-order valence-electron chi connectivity index (χ3n) is 3.09. The molecule has 1 heterocycles. The molecule has 1 atom stereocenters. The second-order valence-electron chi connectivity index (χ2n) is 6.08. The third kappa shape index (κ3) is 8.61. The van der Waals surface area contributed by atoms with Gasteiger partial charge in [-0.2, -0.15) is 0 Å². The summed E-state index contributed by atoms with van der Waals surface area (Å²) >= 11 is 3.24. The normalized spacial score (nSPS) is 25.0. The molecule has 0 amide bonds. The summed E-state index contributed by atoms with van der Waals surface area (Å²) in [6.45, 7) is 6.58. The molecule has 1 fully saturated rings. The van der Waals surface area contributed by atoms with E-state index in [1.807, 2.05) is 13.8 Å². The molecule has 122 valence electrons. The van der Waals surface area contributed by atoms with Crippen molar-refractivity contribution in [2.75, 3.05) is 30.5 Å². The first-order valence-corrected chi connectivity index (χ1v) is 9.64. The molecule has 0 spiro atoms. The quantitative estimate of drug-likeness (QED) is 0.739. The van der Waals surface area contributed by atoms with Gasteiger partial charge in [0.1, 0.15) is 0 Å². The molecule has 0 bridgehead atoms. The zero-order valence-electron chi connectivity index (χ0n) is 13.2. The van der Waals surface area contributed by atoms with Gasteiger partial charge in [-0.15, -0.1) is 23.5 Å². The van der Waals surface area contributed by atoms with Crippen molar-refractivity contribution in [2.24, 2.45) is 5.41 Å². The first-order chi connectivity index (χ1) is 9.93. The van der Waals surface area contributed by atoms with E-state index in [1.165, 1.54) is 0 Å². The van der Waals surface area contributed by atoms with Gasteiger partial charge in [0.2, 0.25) is 0 Å². The topological polar surface area (TPSA) is 52.6 Å². The number of hydrogen-bond donors (Lipinski definition) is 0. The third-order valence-corrected chi connectivity index (χ3v) is 5.65. The molecule has 0 aromatic carbocycles. The summed E-state index contributed by atoms with van der Waals surface area (Å²) in [5.74, 6) is 1.28. The molecule has 0 aliphatic carbocycles. The molecule has 0 saturated carbocycles. The highest BCUT2D eigenvalue weighted by atomic mass is 32.2. The molecule has 1 unspecified atom stereocenters. The lowest BCUT2D eigenvalue weighted by Gasteiger charge is -2.23. The van der Waals surface area contributed by atoms with Crippen LogP contribution in [-0.2, 0) is 19.1 Å². The highest BCUT2D eigenvalue weighted by Gasteiger charge is 2.24. The molecule has 1 aliphatic rings. The van der Waals surface area contributed by atoms with Crippen LogP contribution in [0.5, 0.6) is 0 Å². The van der Waals surface area contributed by atoms with Crippen LogP contribution in [0, 0.1) is 5.41 Å². The zero-order chi connectivity index (χ0) is 15.7. The van der Waals surface area contributed by atoms with Gasteiger partial charge in [-0.1, -0.05) is 33.6 Å². The number of hydrogen-bond acceptors (Lipinski definition) is 6. The Morgan fingerprint density at radius 2 is 1.76 bits per heavy atom. The van der Waals surface area contributed by atoms with Crippen LogP contribution in [0.25, 0.3) is 0 Å². The van der Waals surface area contributed by atoms with Crippen molar-refractivity contribution in [2.45, 2.75) is 45.3 Å². The summed E-state index contributed by atoms with van der Waals surface area (Å²) in [5.41, 5.74) is -0.337. The van der Waals surface area contributed by atoms with Gasteiger partial charge in [0.05, 0.1) is 24.7 Å². The van der Waals surface area contributed by atoms with Gasteiger partial charge in [0.25, 0.3) is 0 Å². The minimum atomic E-state index is -0.337. The lowest BCUT2D eigenvalue weighted by atomic mass is 9.96. The van der Waals surface area contributed by atoms with E-state index >= 15 is 0 Å². The summed E-state index contributed by atoms with van der Waals surface area (Å²) in [4.78, 5) is 23.5. The maximum absolute atomic E-state index is 11.8. The van der Waals surface area contributed by atoms with Gasteiger partial charge in [0, 0.05) is 16.4 Å². The van der Waals surface area contributed by atoms with Crippen LogP contribution in [0.4, 0.5) is 0 Å². The highest BCUT2D eigenvalue weighted by molar-refractivity contribution is 8.04. The Bertz CT molecular complexity index is 345. The van der Waals surface area contributed by atoms with E-state index < -0.39 is 0 Å². The number of rotatable bonds is 3. The largest absolute Gasteiger partial charge is 0.464 e. The van der Waals surface area contributed by atoms with Crippen LogP contribution in [0.3, 0.4) is 0 Å². The van der Waals surface area contributed by atoms with Crippen molar-refractivity contribution >= 4 is 35.5 Å². The number of cyclic esters (lactones) is 2. The fraction of sp³-hybridized carbons (Fsp3) is 0.867. The molecule has 0 aromatic heterocycles. The lowest BCUT2D eigenvalue weighted by Crippen LogP contribution is -2.29. The molecule has 6 heteroatoms. The van der Waals surface area contributed by atoms with E-state index in [4.69, 9.17) is 9.47 Å². The molecular weight excluding hydrogens is 308 g/mol. The average Bonchev–Trinajstić information content (AvgIpc) is 2.45. The minimum Gasteiger partial charge on any atom is -0.464 e. The zero-order valence-corrected chi connectivity index (χ0v) is 14.8. The van der Waals surface area contributed by atoms with E-state index in [9.17, 15) is 9.59 Å². The van der Waals surface area contributed by atoms with Crippen molar-refractivity contribution in [3.05, 3.63) is 0 Å². The second kappa shape index (κ2) is 9.62. The van der Waals surface area contributed by atoms with Gasteiger partial charge < -0.3 is 9.47 Å². The number of esters is 2. The summed E-state index contributed by atoms with van der Waals surface area (Å²) in [6.07, 6.45) is 3.36. The fourth-order valence-corrected chi connectivity index (χ4v) is 4.04. The first kappa shape index (κ1) is 18.7. The minimum absolute atomic E-state index is 0.176. The Morgan fingerprint density at radius 1 is 1.14 bits per heavy atom. The highest BCUT2D eigenvalue weighted by Crippen LogP contribution is 2.24. The van der Waals surface area contributed by atoms with Gasteiger partial charge in [-0.3, -0.25) is 9.59 Å². The summed E-state index contributed by atoms with van der Waals surface area (Å²) in [5, 5.41) is 0.393. The van der Waals surface area contributed by atoms with E-state index in [-0.39, 0.29) is 30.6 Å². The van der Waals surface area contributed by atoms with Gasteiger partial charge in [-0.25, -0.2) is 0 Å². The summed E-state index contributed by atoms with van der Waals surface area (Å²) < 4.78 is 10.6. The van der Waals surface area contributed by atoms with E-state index in [0.29, 0.717) is 16.8 Å². The van der Waals surface area contributed by atoms with Gasteiger partial charge in [0.15, 0.2) is 0 Å². The SMILES string of the molecule is CCCCC1CSCC(=O)OCC(C)(C)COC(=O)CS1. The number of unbranched alkanes of at least 4 members (excludes halogenated alkanes) is 1. The number of thioether (sulfide) groups is 2. The van der Waals surface area contributed by atoms with Crippen LogP contribution < -0.4 is 0 Å². The standard InChI is InChI=1S/C15H26O4S2/c1-4-5-6-12-7-20-8-13(16)18-10-15(2,3)11-19-14(17)9-21-12/h12H,4-11H2,1-3H3. The predicted octanol–water partition coefficient (Wildman–Crippen LogP) is 3.14. The monoisotopic (exact) mass is 334 g/mol. The van der Waals surface area contributed by atoms with Crippen molar-refractivity contribution < 1.29 is 19.1 Å². The summed E-state index contributed by atoms with van der Waals surface area (Å²) in [6, 6.07) is 0. The predicted molar refractivity (Wildman–Crippen MR) is 88.8 cm³/mol. The van der Waals surface area contributed by atoms with Crippen molar-refractivity contribution in [3.8, 4) is 0 Å². The van der Waals surface area contributed by atoms with Crippen LogP contribution in [0.1, 0.15) is 40.0 Å². The number of ether oxygens (including phenoxy) is 2. The molecule has 1 aliphatic heterocycles. The van der Waals surface area contributed by atoms with Crippen LogP contribution in [0.15, 0.2) is 0 Å². The fourth-order valence-electron chi connectivity index (χ4n) is 1.78. The molecule has 21 heavy (non-hydrogen) atoms. The molecule has 0 N–H and O–H groups in total. The van der Waals surface area contributed by atoms with Crippen molar-refractivity contribution in [1.82, 2.24) is 0 Å². The second-order valence-corrected chi connectivity index (χ2v) is 8.39. The Kier molecular flexibility index (Phi) is 8.56. The lowest BCUT2D eigenvalue weighted by molar-refractivity contribution is -0.149. The first-order valence-electron chi connectivity index (χ1n) is 7.43. The molecular formula is C15H26O4S2.